The molecule has 1 heterocycles. The van der Waals surface area contributed by atoms with Gasteiger partial charge in [-0.05, 0) is 24.1 Å². The maximum Gasteiger partial charge on any atom is 0.303 e. The van der Waals surface area contributed by atoms with Gasteiger partial charge in [-0.3, -0.25) is 9.59 Å². The number of carboxylic acids is 1. The molecule has 1 atom stereocenters. The fraction of sp³-hybridized carbons (Fsp3) is 0.467. The Kier molecular flexibility index (Phi) is 5.16. The van der Waals surface area contributed by atoms with Crippen LogP contribution in [0, 0.1) is 0 Å². The molecule has 114 valence electrons. The number of carboxylic acid groups (broad SMARTS) is 1. The van der Waals surface area contributed by atoms with Gasteiger partial charge in [-0.15, -0.1) is 0 Å². The van der Waals surface area contributed by atoms with Crippen LogP contribution < -0.4 is 4.74 Å². The van der Waals surface area contributed by atoms with Crippen LogP contribution in [0.1, 0.15) is 18.4 Å². The zero-order valence-corrected chi connectivity index (χ0v) is 11.9. The minimum atomic E-state index is -0.864. The number of nitrogens with zero attached hydrogens (tertiary/aromatic N) is 1. The van der Waals surface area contributed by atoms with Gasteiger partial charge in [0.15, 0.2) is 0 Å². The highest BCUT2D eigenvalue weighted by Crippen LogP contribution is 2.19. The van der Waals surface area contributed by atoms with Crippen molar-refractivity contribution in [3.63, 3.8) is 0 Å². The third-order valence-electron chi connectivity index (χ3n) is 3.50. The van der Waals surface area contributed by atoms with Gasteiger partial charge in [0.2, 0.25) is 5.91 Å². The van der Waals surface area contributed by atoms with Gasteiger partial charge in [-0.2, -0.15) is 0 Å². The summed E-state index contributed by atoms with van der Waals surface area (Å²) in [5, 5.41) is 8.79. The Hall–Kier alpha value is -2.08. The van der Waals surface area contributed by atoms with Gasteiger partial charge in [0.25, 0.3) is 0 Å². The van der Waals surface area contributed by atoms with E-state index in [1.165, 1.54) is 0 Å². The van der Waals surface area contributed by atoms with Gasteiger partial charge in [0.1, 0.15) is 12.4 Å². The highest BCUT2D eigenvalue weighted by Gasteiger charge is 2.28. The van der Waals surface area contributed by atoms with Crippen LogP contribution in [0.15, 0.2) is 24.3 Å². The Morgan fingerprint density at radius 3 is 2.76 bits per heavy atom. The van der Waals surface area contributed by atoms with Crippen molar-refractivity contribution in [2.45, 2.75) is 25.4 Å². The Balaban J connectivity index is 2.04. The first-order valence-electron chi connectivity index (χ1n) is 6.82. The number of aliphatic carboxylic acids is 1. The summed E-state index contributed by atoms with van der Waals surface area (Å²) in [5.41, 5.74) is 0.978. The summed E-state index contributed by atoms with van der Waals surface area (Å²) in [7, 11) is 1.60. The van der Waals surface area contributed by atoms with E-state index in [1.54, 1.807) is 12.0 Å². The number of amides is 1. The summed E-state index contributed by atoms with van der Waals surface area (Å²) in [6.07, 6.45) is 0.428. The fourth-order valence-corrected chi connectivity index (χ4v) is 2.33. The molecule has 1 amide bonds. The highest BCUT2D eigenvalue weighted by molar-refractivity contribution is 5.78. The molecule has 1 fully saturated rings. The molecule has 1 N–H and O–H groups in total. The number of methoxy groups -OCH3 is 1. The standard InChI is InChI=1S/C15H19NO5/c1-20-13-5-2-11(3-6-13)8-16-12(4-7-15(18)19)9-21-10-14(16)17/h2-3,5-6,12H,4,7-10H2,1H3,(H,18,19). The number of hydrogen-bond donors (Lipinski definition) is 1. The van der Waals surface area contributed by atoms with Gasteiger partial charge in [0, 0.05) is 13.0 Å². The molecule has 2 rings (SSSR count). The number of carbonyl (C=O) groups excluding carboxylic acids is 1. The molecular formula is C15H19NO5. The average molecular weight is 293 g/mol. The molecule has 0 aliphatic carbocycles. The molecule has 1 aliphatic rings. The van der Waals surface area contributed by atoms with Crippen molar-refractivity contribution in [1.82, 2.24) is 4.90 Å². The Morgan fingerprint density at radius 2 is 2.14 bits per heavy atom. The molecule has 0 aromatic heterocycles. The monoisotopic (exact) mass is 293 g/mol. The molecule has 0 bridgehead atoms. The van der Waals surface area contributed by atoms with Gasteiger partial charge >= 0.3 is 5.97 Å². The van der Waals surface area contributed by atoms with E-state index in [0.29, 0.717) is 19.6 Å². The van der Waals surface area contributed by atoms with E-state index in [4.69, 9.17) is 14.6 Å². The van der Waals surface area contributed by atoms with Crippen molar-refractivity contribution in [3.05, 3.63) is 29.8 Å². The van der Waals surface area contributed by atoms with E-state index >= 15 is 0 Å². The summed E-state index contributed by atoms with van der Waals surface area (Å²) in [5.74, 6) is -0.209. The molecule has 0 radical (unpaired) electrons. The molecule has 1 saturated heterocycles. The Labute approximate surface area is 123 Å². The predicted octanol–water partition coefficient (Wildman–Crippen LogP) is 1.29. The van der Waals surface area contributed by atoms with Crippen LogP contribution in [0.2, 0.25) is 0 Å². The molecule has 1 aromatic rings. The van der Waals surface area contributed by atoms with Gasteiger partial charge in [-0.25, -0.2) is 0 Å². The van der Waals surface area contributed by atoms with Crippen LogP contribution in [0.4, 0.5) is 0 Å². The summed E-state index contributed by atoms with van der Waals surface area (Å²) in [4.78, 5) is 24.4. The van der Waals surface area contributed by atoms with E-state index in [1.807, 2.05) is 24.3 Å². The van der Waals surface area contributed by atoms with Crippen LogP contribution in [-0.2, 0) is 20.9 Å². The number of rotatable bonds is 6. The second-order valence-corrected chi connectivity index (χ2v) is 4.97. The molecule has 0 spiro atoms. The maximum atomic E-state index is 12.0. The summed E-state index contributed by atoms with van der Waals surface area (Å²) in [6.45, 7) is 0.894. The van der Waals surface area contributed by atoms with Gasteiger partial charge in [-0.1, -0.05) is 12.1 Å². The summed E-state index contributed by atoms with van der Waals surface area (Å²) >= 11 is 0. The van der Waals surface area contributed by atoms with Crippen molar-refractivity contribution in [2.75, 3.05) is 20.3 Å². The molecule has 1 aromatic carbocycles. The number of benzene rings is 1. The zero-order valence-electron chi connectivity index (χ0n) is 11.9. The fourth-order valence-electron chi connectivity index (χ4n) is 2.33. The summed E-state index contributed by atoms with van der Waals surface area (Å²) < 4.78 is 10.3. The first kappa shape index (κ1) is 15.3. The Morgan fingerprint density at radius 1 is 1.43 bits per heavy atom. The average Bonchev–Trinajstić information content (AvgIpc) is 2.48. The quantitative estimate of drug-likeness (QED) is 0.855. The van der Waals surface area contributed by atoms with Crippen LogP contribution in [0.5, 0.6) is 5.75 Å². The van der Waals surface area contributed by atoms with E-state index in [2.05, 4.69) is 0 Å². The van der Waals surface area contributed by atoms with Crippen LogP contribution in [-0.4, -0.2) is 48.2 Å². The number of hydrogen-bond acceptors (Lipinski definition) is 4. The molecule has 1 aliphatic heterocycles. The second-order valence-electron chi connectivity index (χ2n) is 4.97. The second kappa shape index (κ2) is 7.08. The Bertz CT molecular complexity index is 499. The van der Waals surface area contributed by atoms with Crippen molar-refractivity contribution in [2.24, 2.45) is 0 Å². The lowest BCUT2D eigenvalue weighted by Gasteiger charge is -2.35. The molecule has 1 unspecified atom stereocenters. The largest absolute Gasteiger partial charge is 0.497 e. The lowest BCUT2D eigenvalue weighted by Crippen LogP contribution is -2.48. The summed E-state index contributed by atoms with van der Waals surface area (Å²) in [6, 6.07) is 7.29. The van der Waals surface area contributed by atoms with Crippen molar-refractivity contribution in [1.29, 1.82) is 0 Å². The van der Waals surface area contributed by atoms with E-state index in [0.717, 1.165) is 11.3 Å². The third-order valence-corrected chi connectivity index (χ3v) is 3.50. The SMILES string of the molecule is COc1ccc(CN2C(=O)COCC2CCC(=O)O)cc1. The van der Waals surface area contributed by atoms with Crippen molar-refractivity contribution < 1.29 is 24.2 Å². The zero-order chi connectivity index (χ0) is 15.2. The highest BCUT2D eigenvalue weighted by atomic mass is 16.5. The smallest absolute Gasteiger partial charge is 0.303 e. The van der Waals surface area contributed by atoms with E-state index < -0.39 is 5.97 Å². The van der Waals surface area contributed by atoms with Crippen LogP contribution in [0.25, 0.3) is 0 Å². The van der Waals surface area contributed by atoms with Crippen molar-refractivity contribution in [3.8, 4) is 5.75 Å². The molecule has 6 heteroatoms. The lowest BCUT2D eigenvalue weighted by molar-refractivity contribution is -0.151. The molecular weight excluding hydrogens is 274 g/mol. The van der Waals surface area contributed by atoms with E-state index in [-0.39, 0.29) is 25.0 Å². The number of morpholine rings is 1. The molecule has 21 heavy (non-hydrogen) atoms. The first-order valence-corrected chi connectivity index (χ1v) is 6.82. The minimum Gasteiger partial charge on any atom is -0.497 e. The maximum absolute atomic E-state index is 12.0. The minimum absolute atomic E-state index is 0.0282. The van der Waals surface area contributed by atoms with Gasteiger partial charge < -0.3 is 19.5 Å². The third kappa shape index (κ3) is 4.19. The first-order chi connectivity index (χ1) is 10.1. The topological polar surface area (TPSA) is 76.1 Å². The van der Waals surface area contributed by atoms with E-state index in [9.17, 15) is 9.59 Å². The number of carbonyl (C=O) groups is 2. The van der Waals surface area contributed by atoms with Gasteiger partial charge in [0.05, 0.1) is 19.8 Å². The van der Waals surface area contributed by atoms with Crippen LogP contribution in [0.3, 0.4) is 0 Å². The lowest BCUT2D eigenvalue weighted by atomic mass is 10.1. The number of ether oxygens (including phenoxy) is 2. The van der Waals surface area contributed by atoms with Crippen LogP contribution >= 0.6 is 0 Å². The predicted molar refractivity (Wildman–Crippen MR) is 75.0 cm³/mol. The normalized spacial score (nSPS) is 18.6. The molecule has 6 nitrogen and oxygen atoms in total. The molecule has 0 saturated carbocycles. The van der Waals surface area contributed by atoms with Crippen molar-refractivity contribution >= 4 is 11.9 Å².